The number of nitro groups is 1. The number of rotatable bonds is 9. The number of nitro benzene ring substituents is 1. The molecule has 0 aliphatic rings. The van der Waals surface area contributed by atoms with Gasteiger partial charge in [0.1, 0.15) is 10.6 Å². The summed E-state index contributed by atoms with van der Waals surface area (Å²) in [5.74, 6) is -0.264. The third-order valence-corrected chi connectivity index (χ3v) is 4.52. The highest BCUT2D eigenvalue weighted by Gasteiger charge is 2.25. The molecule has 0 bridgehead atoms. The molecule has 0 aliphatic heterocycles. The average molecular weight is 380 g/mol. The predicted molar refractivity (Wildman–Crippen MR) is 97.3 cm³/mol. The Hall–Kier alpha value is -2.75. The minimum atomic E-state index is -0.658. The van der Waals surface area contributed by atoms with Crippen molar-refractivity contribution in [1.29, 1.82) is 0 Å². The fourth-order valence-corrected chi connectivity index (χ4v) is 3.07. The van der Waals surface area contributed by atoms with E-state index in [-0.39, 0.29) is 22.7 Å². The van der Waals surface area contributed by atoms with E-state index in [0.717, 1.165) is 36.8 Å². The second-order valence-electron chi connectivity index (χ2n) is 5.39. The topological polar surface area (TPSA) is 116 Å². The van der Waals surface area contributed by atoms with Crippen LogP contribution in [0.15, 0.2) is 12.1 Å². The number of nitrogens with zero attached hydrogens (tertiary/aromatic N) is 3. The van der Waals surface area contributed by atoms with Crippen molar-refractivity contribution < 1.29 is 19.2 Å². The van der Waals surface area contributed by atoms with Gasteiger partial charge in [-0.05, 0) is 6.42 Å². The maximum atomic E-state index is 12.5. The zero-order valence-electron chi connectivity index (χ0n) is 14.8. The molecule has 10 heteroatoms. The van der Waals surface area contributed by atoms with Crippen molar-refractivity contribution in [1.82, 2.24) is 10.2 Å². The molecule has 0 saturated heterocycles. The van der Waals surface area contributed by atoms with Gasteiger partial charge in [0.05, 0.1) is 25.2 Å². The number of ether oxygens (including phenoxy) is 2. The minimum Gasteiger partial charge on any atom is -0.493 e. The van der Waals surface area contributed by atoms with Crippen LogP contribution in [0.25, 0.3) is 0 Å². The third-order valence-electron chi connectivity index (χ3n) is 3.62. The van der Waals surface area contributed by atoms with Gasteiger partial charge in [0.25, 0.3) is 11.6 Å². The summed E-state index contributed by atoms with van der Waals surface area (Å²) < 4.78 is 10.2. The standard InChI is InChI=1S/C16H20N4O5S/c1-4-5-6-7-14-18-19-16(26-14)17-15(21)10-8-12(24-2)13(25-3)9-11(10)20(22)23/h8-9H,4-7H2,1-3H3,(H,17,19,21). The van der Waals surface area contributed by atoms with Crippen LogP contribution in [-0.4, -0.2) is 35.2 Å². The Morgan fingerprint density at radius 3 is 2.54 bits per heavy atom. The fraction of sp³-hybridized carbons (Fsp3) is 0.438. The number of amides is 1. The Balaban J connectivity index is 2.22. The molecule has 1 aromatic heterocycles. The highest BCUT2D eigenvalue weighted by Crippen LogP contribution is 2.35. The quantitative estimate of drug-likeness (QED) is 0.402. The number of methoxy groups -OCH3 is 2. The van der Waals surface area contributed by atoms with Crippen LogP contribution in [0, 0.1) is 10.1 Å². The van der Waals surface area contributed by atoms with Gasteiger partial charge < -0.3 is 9.47 Å². The summed E-state index contributed by atoms with van der Waals surface area (Å²) in [4.78, 5) is 23.2. The summed E-state index contributed by atoms with van der Waals surface area (Å²) in [5, 5.41) is 22.9. The summed E-state index contributed by atoms with van der Waals surface area (Å²) in [6.07, 6.45) is 3.99. The van der Waals surface area contributed by atoms with Gasteiger partial charge in [0.2, 0.25) is 5.13 Å². The van der Waals surface area contributed by atoms with E-state index in [1.54, 1.807) is 0 Å². The first-order valence-electron chi connectivity index (χ1n) is 8.04. The van der Waals surface area contributed by atoms with Gasteiger partial charge in [0.15, 0.2) is 11.5 Å². The van der Waals surface area contributed by atoms with Gasteiger partial charge in [-0.1, -0.05) is 31.1 Å². The Bertz CT molecular complexity index is 793. The molecule has 0 spiro atoms. The number of aromatic nitrogens is 2. The number of carbonyl (C=O) groups is 1. The van der Waals surface area contributed by atoms with Crippen LogP contribution >= 0.6 is 11.3 Å². The number of hydrogen-bond donors (Lipinski definition) is 1. The number of benzene rings is 1. The van der Waals surface area contributed by atoms with Gasteiger partial charge >= 0.3 is 0 Å². The van der Waals surface area contributed by atoms with Gasteiger partial charge in [-0.15, -0.1) is 10.2 Å². The second kappa shape index (κ2) is 9.09. The van der Waals surface area contributed by atoms with Crippen molar-refractivity contribution >= 4 is 28.1 Å². The molecular formula is C16H20N4O5S. The lowest BCUT2D eigenvalue weighted by Crippen LogP contribution is -2.14. The molecule has 0 fully saturated rings. The number of nitrogens with one attached hydrogen (secondary N) is 1. The van der Waals surface area contributed by atoms with E-state index in [1.165, 1.54) is 31.6 Å². The molecule has 26 heavy (non-hydrogen) atoms. The van der Waals surface area contributed by atoms with Crippen LogP contribution in [0.1, 0.15) is 41.6 Å². The number of hydrogen-bond acceptors (Lipinski definition) is 8. The lowest BCUT2D eigenvalue weighted by Gasteiger charge is -2.10. The lowest BCUT2D eigenvalue weighted by molar-refractivity contribution is -0.385. The highest BCUT2D eigenvalue weighted by molar-refractivity contribution is 7.15. The van der Waals surface area contributed by atoms with E-state index in [1.807, 2.05) is 0 Å². The van der Waals surface area contributed by atoms with E-state index in [9.17, 15) is 14.9 Å². The van der Waals surface area contributed by atoms with Gasteiger partial charge in [0, 0.05) is 12.5 Å². The largest absolute Gasteiger partial charge is 0.493 e. The number of aryl methyl sites for hydroxylation is 1. The molecule has 1 aromatic carbocycles. The van der Waals surface area contributed by atoms with Crippen molar-refractivity contribution in [2.45, 2.75) is 32.6 Å². The van der Waals surface area contributed by atoms with Crippen molar-refractivity contribution in [2.24, 2.45) is 0 Å². The summed E-state index contributed by atoms with van der Waals surface area (Å²) in [7, 11) is 2.75. The summed E-state index contributed by atoms with van der Waals surface area (Å²) >= 11 is 1.26. The zero-order valence-corrected chi connectivity index (χ0v) is 15.6. The zero-order chi connectivity index (χ0) is 19.1. The van der Waals surface area contributed by atoms with Crippen molar-refractivity contribution in [3.05, 3.63) is 32.8 Å². The van der Waals surface area contributed by atoms with Crippen LogP contribution in [0.4, 0.5) is 10.8 Å². The first kappa shape index (κ1) is 19.6. The first-order chi connectivity index (χ1) is 12.5. The van der Waals surface area contributed by atoms with Gasteiger partial charge in [-0.25, -0.2) is 0 Å². The van der Waals surface area contributed by atoms with Crippen molar-refractivity contribution in [2.75, 3.05) is 19.5 Å². The van der Waals surface area contributed by atoms with Crippen LogP contribution in [0.2, 0.25) is 0 Å². The Labute approximate surface area is 154 Å². The van der Waals surface area contributed by atoms with E-state index < -0.39 is 10.8 Å². The highest BCUT2D eigenvalue weighted by atomic mass is 32.1. The first-order valence-corrected chi connectivity index (χ1v) is 8.85. The number of carbonyl (C=O) groups excluding carboxylic acids is 1. The third kappa shape index (κ3) is 4.66. The minimum absolute atomic E-state index is 0.143. The molecule has 1 heterocycles. The maximum Gasteiger partial charge on any atom is 0.286 e. The van der Waals surface area contributed by atoms with Crippen LogP contribution in [0.3, 0.4) is 0 Å². The molecular weight excluding hydrogens is 360 g/mol. The van der Waals surface area contributed by atoms with Crippen molar-refractivity contribution in [3.63, 3.8) is 0 Å². The molecule has 2 rings (SSSR count). The molecule has 9 nitrogen and oxygen atoms in total. The smallest absolute Gasteiger partial charge is 0.286 e. The fourth-order valence-electron chi connectivity index (χ4n) is 2.30. The van der Waals surface area contributed by atoms with Gasteiger partial charge in [-0.2, -0.15) is 0 Å². The Morgan fingerprint density at radius 1 is 1.23 bits per heavy atom. The number of unbranched alkanes of at least 4 members (excludes halogenated alkanes) is 2. The van der Waals surface area contributed by atoms with Crippen LogP contribution in [-0.2, 0) is 6.42 Å². The molecule has 0 saturated carbocycles. The maximum absolute atomic E-state index is 12.5. The molecule has 0 unspecified atom stereocenters. The van der Waals surface area contributed by atoms with Crippen LogP contribution in [0.5, 0.6) is 11.5 Å². The Kier molecular flexibility index (Phi) is 6.84. The van der Waals surface area contributed by atoms with Crippen molar-refractivity contribution in [3.8, 4) is 11.5 Å². The molecule has 1 N–H and O–H groups in total. The van der Waals surface area contributed by atoms with Crippen LogP contribution < -0.4 is 14.8 Å². The predicted octanol–water partition coefficient (Wildman–Crippen LogP) is 3.45. The van der Waals surface area contributed by atoms with E-state index in [2.05, 4.69) is 22.4 Å². The molecule has 140 valence electrons. The molecule has 0 radical (unpaired) electrons. The normalized spacial score (nSPS) is 10.4. The molecule has 0 aliphatic carbocycles. The molecule has 0 atom stereocenters. The van der Waals surface area contributed by atoms with E-state index in [4.69, 9.17) is 9.47 Å². The molecule has 2 aromatic rings. The summed E-state index contributed by atoms with van der Waals surface area (Å²) in [5.41, 5.74) is -0.525. The summed E-state index contributed by atoms with van der Waals surface area (Å²) in [6, 6.07) is 2.43. The van der Waals surface area contributed by atoms with E-state index >= 15 is 0 Å². The van der Waals surface area contributed by atoms with E-state index in [0.29, 0.717) is 5.13 Å². The average Bonchev–Trinajstić information content (AvgIpc) is 3.07. The van der Waals surface area contributed by atoms with Gasteiger partial charge in [-0.3, -0.25) is 20.2 Å². The number of anilines is 1. The second-order valence-corrected chi connectivity index (χ2v) is 6.46. The monoisotopic (exact) mass is 380 g/mol. The summed E-state index contributed by atoms with van der Waals surface area (Å²) in [6.45, 7) is 2.11. The Morgan fingerprint density at radius 2 is 1.92 bits per heavy atom. The SMILES string of the molecule is CCCCCc1nnc(NC(=O)c2cc(OC)c(OC)cc2[N+](=O)[O-])s1. The molecule has 1 amide bonds. The lowest BCUT2D eigenvalue weighted by atomic mass is 10.1.